The van der Waals surface area contributed by atoms with E-state index in [0.717, 1.165) is 23.4 Å². The van der Waals surface area contributed by atoms with E-state index >= 15 is 0 Å². The van der Waals surface area contributed by atoms with Gasteiger partial charge in [0.1, 0.15) is 5.75 Å². The Morgan fingerprint density at radius 2 is 1.90 bits per heavy atom. The van der Waals surface area contributed by atoms with E-state index in [4.69, 9.17) is 4.74 Å². The maximum absolute atomic E-state index is 10.9. The summed E-state index contributed by atoms with van der Waals surface area (Å²) in [5, 5.41) is 14.3. The molecule has 0 spiro atoms. The Kier molecular flexibility index (Phi) is 3.60. The van der Waals surface area contributed by atoms with Crippen LogP contribution in [0.15, 0.2) is 48.5 Å². The monoisotopic (exact) mass is 283 g/mol. The Bertz CT molecular complexity index is 594. The normalized spacial score (nSPS) is 19.5. The van der Waals surface area contributed by atoms with Gasteiger partial charge in [-0.1, -0.05) is 30.3 Å². The van der Waals surface area contributed by atoms with Gasteiger partial charge >= 0.3 is 0 Å². The first-order valence-electron chi connectivity index (χ1n) is 7.28. The Morgan fingerprint density at radius 3 is 2.57 bits per heavy atom. The smallest absolute Gasteiger partial charge is 0.118 e. The van der Waals surface area contributed by atoms with E-state index in [1.54, 1.807) is 7.11 Å². The van der Waals surface area contributed by atoms with E-state index in [2.05, 4.69) is 17.4 Å². The first-order chi connectivity index (χ1) is 10.1. The fourth-order valence-electron chi connectivity index (χ4n) is 2.95. The molecule has 3 rings (SSSR count). The van der Waals surface area contributed by atoms with Crippen molar-refractivity contribution in [3.05, 3.63) is 59.7 Å². The molecule has 2 atom stereocenters. The molecule has 0 aromatic heterocycles. The van der Waals surface area contributed by atoms with Gasteiger partial charge in [0.25, 0.3) is 0 Å². The van der Waals surface area contributed by atoms with Gasteiger partial charge in [0.05, 0.1) is 18.8 Å². The minimum absolute atomic E-state index is 0.0389. The van der Waals surface area contributed by atoms with Crippen LogP contribution in [0, 0.1) is 0 Å². The summed E-state index contributed by atoms with van der Waals surface area (Å²) >= 11 is 0. The van der Waals surface area contributed by atoms with E-state index in [9.17, 15) is 5.11 Å². The molecule has 0 bridgehead atoms. The molecular weight excluding hydrogens is 262 g/mol. The summed E-state index contributed by atoms with van der Waals surface area (Å²) in [5.41, 5.74) is 2.72. The summed E-state index contributed by atoms with van der Waals surface area (Å²) in [4.78, 5) is 0. The van der Waals surface area contributed by atoms with Crippen molar-refractivity contribution in [2.75, 3.05) is 12.4 Å². The van der Waals surface area contributed by atoms with E-state index in [-0.39, 0.29) is 6.04 Å². The summed E-state index contributed by atoms with van der Waals surface area (Å²) in [7, 11) is 1.66. The highest BCUT2D eigenvalue weighted by Gasteiger charge is 2.36. The molecule has 2 aromatic rings. The number of para-hydroxylation sites is 1. The van der Waals surface area contributed by atoms with Crippen molar-refractivity contribution in [3.8, 4) is 5.75 Å². The zero-order valence-corrected chi connectivity index (χ0v) is 12.5. The lowest BCUT2D eigenvalue weighted by Gasteiger charge is -2.30. The molecule has 2 N–H and O–H groups in total. The van der Waals surface area contributed by atoms with Crippen molar-refractivity contribution in [1.82, 2.24) is 0 Å². The van der Waals surface area contributed by atoms with Gasteiger partial charge in [0.15, 0.2) is 0 Å². The second-order valence-electron chi connectivity index (χ2n) is 5.94. The highest BCUT2D eigenvalue weighted by atomic mass is 16.5. The number of rotatable bonds is 4. The van der Waals surface area contributed by atoms with E-state index < -0.39 is 5.60 Å². The Labute approximate surface area is 125 Å². The molecule has 0 aliphatic carbocycles. The number of fused-ring (bicyclic) bond motifs is 1. The predicted octanol–water partition coefficient (Wildman–Crippen LogP) is 3.03. The first-order valence-corrected chi connectivity index (χ1v) is 7.28. The van der Waals surface area contributed by atoms with Crippen LogP contribution in [0.25, 0.3) is 0 Å². The third-order valence-corrected chi connectivity index (χ3v) is 4.24. The molecule has 0 saturated carbocycles. The molecule has 0 fully saturated rings. The molecule has 1 aliphatic rings. The van der Waals surface area contributed by atoms with Crippen molar-refractivity contribution in [2.24, 2.45) is 0 Å². The third kappa shape index (κ3) is 2.88. The van der Waals surface area contributed by atoms with Gasteiger partial charge in [0, 0.05) is 12.1 Å². The summed E-state index contributed by atoms with van der Waals surface area (Å²) in [6.45, 7) is 1.90. The fourth-order valence-corrected chi connectivity index (χ4v) is 2.95. The molecular formula is C18H21NO2. The number of anilines is 1. The van der Waals surface area contributed by atoms with Crippen LogP contribution in [0.5, 0.6) is 5.75 Å². The summed E-state index contributed by atoms with van der Waals surface area (Å²) < 4.78 is 5.17. The molecule has 0 amide bonds. The van der Waals surface area contributed by atoms with Gasteiger partial charge in [-0.3, -0.25) is 0 Å². The molecule has 2 unspecified atom stereocenters. The minimum Gasteiger partial charge on any atom is -0.497 e. The van der Waals surface area contributed by atoms with Crippen LogP contribution >= 0.6 is 0 Å². The van der Waals surface area contributed by atoms with Crippen molar-refractivity contribution < 1.29 is 9.84 Å². The number of hydrogen-bond acceptors (Lipinski definition) is 3. The molecule has 110 valence electrons. The van der Waals surface area contributed by atoms with Crippen molar-refractivity contribution in [2.45, 2.75) is 31.4 Å². The molecule has 1 aliphatic heterocycles. The number of ether oxygens (including phenoxy) is 1. The van der Waals surface area contributed by atoms with Gasteiger partial charge in [-0.2, -0.15) is 0 Å². The highest BCUT2D eigenvalue weighted by Crippen LogP contribution is 2.32. The molecule has 21 heavy (non-hydrogen) atoms. The van der Waals surface area contributed by atoms with Crippen LogP contribution in [-0.2, 0) is 12.8 Å². The molecule has 2 aromatic carbocycles. The van der Waals surface area contributed by atoms with E-state index in [0.29, 0.717) is 6.42 Å². The minimum atomic E-state index is -0.798. The number of methoxy groups -OCH3 is 1. The Hall–Kier alpha value is -2.00. The topological polar surface area (TPSA) is 41.5 Å². The molecule has 0 saturated heterocycles. The number of hydrogen-bond donors (Lipinski definition) is 2. The van der Waals surface area contributed by atoms with E-state index in [1.165, 1.54) is 5.56 Å². The lowest BCUT2D eigenvalue weighted by atomic mass is 9.87. The van der Waals surface area contributed by atoms with Crippen LogP contribution < -0.4 is 10.1 Å². The van der Waals surface area contributed by atoms with Gasteiger partial charge in [0.2, 0.25) is 0 Å². The molecule has 0 radical (unpaired) electrons. The largest absolute Gasteiger partial charge is 0.497 e. The average molecular weight is 283 g/mol. The maximum Gasteiger partial charge on any atom is 0.118 e. The van der Waals surface area contributed by atoms with Crippen molar-refractivity contribution in [3.63, 3.8) is 0 Å². The second-order valence-corrected chi connectivity index (χ2v) is 5.94. The Balaban J connectivity index is 1.72. The van der Waals surface area contributed by atoms with Gasteiger partial charge < -0.3 is 15.2 Å². The average Bonchev–Trinajstić information content (AvgIpc) is 2.92. The summed E-state index contributed by atoms with van der Waals surface area (Å²) in [6.07, 6.45) is 1.47. The standard InChI is InChI=1S/C18H21NO2/c1-18(20,12-13-7-9-15(21-2)10-8-13)17-11-14-5-3-4-6-16(14)19-17/h3-10,17,19-20H,11-12H2,1-2H3. The number of aliphatic hydroxyl groups is 1. The van der Waals surface area contributed by atoms with Gasteiger partial charge in [-0.25, -0.2) is 0 Å². The van der Waals surface area contributed by atoms with Crippen LogP contribution in [0.3, 0.4) is 0 Å². The van der Waals surface area contributed by atoms with E-state index in [1.807, 2.05) is 43.3 Å². The highest BCUT2D eigenvalue weighted by molar-refractivity contribution is 5.57. The number of nitrogens with one attached hydrogen (secondary N) is 1. The zero-order valence-electron chi connectivity index (χ0n) is 12.5. The third-order valence-electron chi connectivity index (χ3n) is 4.24. The lowest BCUT2D eigenvalue weighted by Crippen LogP contribution is -2.45. The summed E-state index contributed by atoms with van der Waals surface area (Å²) in [6, 6.07) is 16.2. The van der Waals surface area contributed by atoms with Crippen LogP contribution in [0.4, 0.5) is 5.69 Å². The van der Waals surface area contributed by atoms with Crippen molar-refractivity contribution >= 4 is 5.69 Å². The Morgan fingerprint density at radius 1 is 1.19 bits per heavy atom. The van der Waals surface area contributed by atoms with Crippen LogP contribution in [0.2, 0.25) is 0 Å². The zero-order chi connectivity index (χ0) is 14.9. The summed E-state index contributed by atoms with van der Waals surface area (Å²) in [5.74, 6) is 0.838. The SMILES string of the molecule is COc1ccc(CC(C)(O)C2Cc3ccccc3N2)cc1. The fraction of sp³-hybridized carbons (Fsp3) is 0.333. The van der Waals surface area contributed by atoms with Crippen LogP contribution in [0.1, 0.15) is 18.1 Å². The quantitative estimate of drug-likeness (QED) is 0.906. The van der Waals surface area contributed by atoms with Crippen LogP contribution in [-0.4, -0.2) is 23.9 Å². The van der Waals surface area contributed by atoms with Gasteiger partial charge in [-0.15, -0.1) is 0 Å². The predicted molar refractivity (Wildman–Crippen MR) is 84.9 cm³/mol. The first kappa shape index (κ1) is 14.0. The maximum atomic E-state index is 10.9. The van der Waals surface area contributed by atoms with Gasteiger partial charge in [-0.05, 0) is 42.7 Å². The molecule has 1 heterocycles. The van der Waals surface area contributed by atoms with Crippen molar-refractivity contribution in [1.29, 1.82) is 0 Å². The molecule has 3 nitrogen and oxygen atoms in total. The molecule has 3 heteroatoms. The lowest BCUT2D eigenvalue weighted by molar-refractivity contribution is 0.0420. The number of benzene rings is 2. The second kappa shape index (κ2) is 5.41.